The molecule has 0 aliphatic carbocycles. The van der Waals surface area contributed by atoms with Crippen molar-refractivity contribution < 1.29 is 9.72 Å². The van der Waals surface area contributed by atoms with Gasteiger partial charge in [0.1, 0.15) is 0 Å². The fraction of sp³-hybridized carbons (Fsp3) is 0.500. The van der Waals surface area contributed by atoms with Crippen LogP contribution in [-0.4, -0.2) is 35.4 Å². The summed E-state index contributed by atoms with van der Waals surface area (Å²) in [5, 5.41) is 13.3. The van der Waals surface area contributed by atoms with Crippen LogP contribution in [0.25, 0.3) is 0 Å². The van der Waals surface area contributed by atoms with Crippen LogP contribution in [0.2, 0.25) is 0 Å². The summed E-state index contributed by atoms with van der Waals surface area (Å²) in [7, 11) is 0. The van der Waals surface area contributed by atoms with E-state index in [4.69, 9.17) is 0 Å². The first-order chi connectivity index (χ1) is 9.54. The topological polar surface area (TPSA) is 75.5 Å². The van der Waals surface area contributed by atoms with E-state index in [0.29, 0.717) is 12.2 Å². The van der Waals surface area contributed by atoms with E-state index in [0.717, 1.165) is 31.8 Å². The molecule has 0 unspecified atom stereocenters. The summed E-state index contributed by atoms with van der Waals surface area (Å²) >= 11 is 0. The molecule has 0 saturated carbocycles. The lowest BCUT2D eigenvalue weighted by atomic mass is 9.99. The molecular weight excluding hydrogens is 258 g/mol. The van der Waals surface area contributed by atoms with Crippen LogP contribution in [-0.2, 0) is 4.79 Å². The third kappa shape index (κ3) is 4.03. The molecule has 6 nitrogen and oxygen atoms in total. The highest BCUT2D eigenvalue weighted by Crippen LogP contribution is 2.17. The molecule has 0 atom stereocenters. The van der Waals surface area contributed by atoms with E-state index in [2.05, 4.69) is 17.1 Å². The second-order valence-electron chi connectivity index (χ2n) is 5.31. The van der Waals surface area contributed by atoms with Gasteiger partial charge in [-0.05, 0) is 44.0 Å². The van der Waals surface area contributed by atoms with E-state index in [1.807, 2.05) is 0 Å². The molecule has 1 heterocycles. The SMILES string of the molecule is CC1CCN(CC(=O)Nc2ccc([N+](=O)[O-])cc2)CC1. The van der Waals surface area contributed by atoms with Gasteiger partial charge in [0.25, 0.3) is 5.69 Å². The predicted octanol–water partition coefficient (Wildman–Crippen LogP) is 2.27. The van der Waals surface area contributed by atoms with Gasteiger partial charge in [0.05, 0.1) is 11.5 Å². The maximum atomic E-state index is 11.9. The number of carbonyl (C=O) groups is 1. The Labute approximate surface area is 117 Å². The summed E-state index contributed by atoms with van der Waals surface area (Å²) in [6.45, 7) is 4.52. The second kappa shape index (κ2) is 6.47. The second-order valence-corrected chi connectivity index (χ2v) is 5.31. The van der Waals surface area contributed by atoms with Crippen molar-refractivity contribution in [1.82, 2.24) is 4.90 Å². The lowest BCUT2D eigenvalue weighted by Gasteiger charge is -2.29. The van der Waals surface area contributed by atoms with Gasteiger partial charge in [-0.2, -0.15) is 0 Å². The Morgan fingerprint density at radius 1 is 1.35 bits per heavy atom. The van der Waals surface area contributed by atoms with Crippen molar-refractivity contribution in [2.45, 2.75) is 19.8 Å². The van der Waals surface area contributed by atoms with Gasteiger partial charge >= 0.3 is 0 Å². The first kappa shape index (κ1) is 14.5. The Balaban J connectivity index is 1.83. The predicted molar refractivity (Wildman–Crippen MR) is 76.6 cm³/mol. The molecule has 2 rings (SSSR count). The molecule has 0 aromatic heterocycles. The largest absolute Gasteiger partial charge is 0.325 e. The number of carbonyl (C=O) groups excluding carboxylic acids is 1. The van der Waals surface area contributed by atoms with Crippen molar-refractivity contribution in [3.05, 3.63) is 34.4 Å². The molecule has 1 amide bonds. The summed E-state index contributed by atoms with van der Waals surface area (Å²) in [4.78, 5) is 24.1. The Hall–Kier alpha value is -1.95. The molecule has 1 aliphatic heterocycles. The Kier molecular flexibility index (Phi) is 4.68. The molecule has 0 spiro atoms. The maximum absolute atomic E-state index is 11.9. The number of hydrogen-bond donors (Lipinski definition) is 1. The number of anilines is 1. The van der Waals surface area contributed by atoms with Crippen molar-refractivity contribution in [2.75, 3.05) is 25.0 Å². The minimum Gasteiger partial charge on any atom is -0.325 e. The van der Waals surface area contributed by atoms with Gasteiger partial charge in [0, 0.05) is 17.8 Å². The lowest BCUT2D eigenvalue weighted by molar-refractivity contribution is -0.384. The summed E-state index contributed by atoms with van der Waals surface area (Å²) < 4.78 is 0. The first-order valence-corrected chi connectivity index (χ1v) is 6.81. The minimum atomic E-state index is -0.458. The summed E-state index contributed by atoms with van der Waals surface area (Å²) in [6.07, 6.45) is 2.26. The van der Waals surface area contributed by atoms with Gasteiger partial charge in [0.15, 0.2) is 0 Å². The molecule has 1 aromatic rings. The molecule has 1 aliphatic rings. The summed E-state index contributed by atoms with van der Waals surface area (Å²) in [5.41, 5.74) is 0.610. The third-order valence-electron chi connectivity index (χ3n) is 3.61. The van der Waals surface area contributed by atoms with Gasteiger partial charge in [-0.15, -0.1) is 0 Å². The summed E-state index contributed by atoms with van der Waals surface area (Å²) in [5.74, 6) is 0.664. The van der Waals surface area contributed by atoms with E-state index in [-0.39, 0.29) is 11.6 Å². The molecule has 1 aromatic carbocycles. The molecule has 6 heteroatoms. The fourth-order valence-electron chi connectivity index (χ4n) is 2.29. The maximum Gasteiger partial charge on any atom is 0.269 e. The van der Waals surface area contributed by atoms with Crippen LogP contribution in [0, 0.1) is 16.0 Å². The Bertz CT molecular complexity index is 479. The Morgan fingerprint density at radius 3 is 2.50 bits per heavy atom. The van der Waals surface area contributed by atoms with Gasteiger partial charge in [0.2, 0.25) is 5.91 Å². The van der Waals surface area contributed by atoms with Crippen molar-refractivity contribution >= 4 is 17.3 Å². The molecule has 0 bridgehead atoms. The normalized spacial score (nSPS) is 16.9. The molecule has 1 N–H and O–H groups in total. The van der Waals surface area contributed by atoms with Crippen LogP contribution in [0.3, 0.4) is 0 Å². The molecule has 108 valence electrons. The number of likely N-dealkylation sites (tertiary alicyclic amines) is 1. The van der Waals surface area contributed by atoms with E-state index in [1.54, 1.807) is 12.1 Å². The molecule has 0 radical (unpaired) electrons. The third-order valence-corrected chi connectivity index (χ3v) is 3.61. The van der Waals surface area contributed by atoms with Crippen molar-refractivity contribution in [3.63, 3.8) is 0 Å². The quantitative estimate of drug-likeness (QED) is 0.676. The van der Waals surface area contributed by atoms with Crippen LogP contribution < -0.4 is 5.32 Å². The number of nitro benzene ring substituents is 1. The number of rotatable bonds is 4. The van der Waals surface area contributed by atoms with Crippen molar-refractivity contribution in [1.29, 1.82) is 0 Å². The highest BCUT2D eigenvalue weighted by Gasteiger charge is 2.18. The van der Waals surface area contributed by atoms with Gasteiger partial charge < -0.3 is 5.32 Å². The number of amides is 1. The van der Waals surface area contributed by atoms with Gasteiger partial charge in [-0.25, -0.2) is 0 Å². The van der Waals surface area contributed by atoms with Crippen LogP contribution in [0.5, 0.6) is 0 Å². The minimum absolute atomic E-state index is 0.0213. The lowest BCUT2D eigenvalue weighted by Crippen LogP contribution is -2.38. The van der Waals surface area contributed by atoms with E-state index < -0.39 is 4.92 Å². The van der Waals surface area contributed by atoms with E-state index in [1.165, 1.54) is 12.1 Å². The standard InChI is InChI=1S/C14H19N3O3/c1-11-6-8-16(9-7-11)10-14(18)15-12-2-4-13(5-3-12)17(19)20/h2-5,11H,6-10H2,1H3,(H,15,18). The van der Waals surface area contributed by atoms with Crippen LogP contribution >= 0.6 is 0 Å². The molecular formula is C14H19N3O3. The van der Waals surface area contributed by atoms with Gasteiger partial charge in [-0.1, -0.05) is 6.92 Å². The van der Waals surface area contributed by atoms with Crippen LogP contribution in [0.15, 0.2) is 24.3 Å². The van der Waals surface area contributed by atoms with Crippen LogP contribution in [0.4, 0.5) is 11.4 Å². The average Bonchev–Trinajstić information content (AvgIpc) is 2.42. The number of piperidine rings is 1. The number of nitrogens with zero attached hydrogens (tertiary/aromatic N) is 2. The highest BCUT2D eigenvalue weighted by atomic mass is 16.6. The number of non-ortho nitro benzene ring substituents is 1. The van der Waals surface area contributed by atoms with Crippen molar-refractivity contribution in [3.8, 4) is 0 Å². The van der Waals surface area contributed by atoms with Crippen LogP contribution in [0.1, 0.15) is 19.8 Å². The Morgan fingerprint density at radius 2 is 1.95 bits per heavy atom. The number of hydrogen-bond acceptors (Lipinski definition) is 4. The highest BCUT2D eigenvalue weighted by molar-refractivity contribution is 5.92. The zero-order valence-corrected chi connectivity index (χ0v) is 11.5. The average molecular weight is 277 g/mol. The van der Waals surface area contributed by atoms with E-state index in [9.17, 15) is 14.9 Å². The molecule has 1 fully saturated rings. The van der Waals surface area contributed by atoms with E-state index >= 15 is 0 Å². The van der Waals surface area contributed by atoms with Gasteiger partial charge in [-0.3, -0.25) is 19.8 Å². The number of nitrogens with one attached hydrogen (secondary N) is 1. The molecule has 20 heavy (non-hydrogen) atoms. The fourth-order valence-corrected chi connectivity index (χ4v) is 2.29. The zero-order chi connectivity index (χ0) is 14.5. The zero-order valence-electron chi connectivity index (χ0n) is 11.5. The summed E-state index contributed by atoms with van der Waals surface area (Å²) in [6, 6.07) is 5.87. The smallest absolute Gasteiger partial charge is 0.269 e. The number of nitro groups is 1. The van der Waals surface area contributed by atoms with Crippen molar-refractivity contribution in [2.24, 2.45) is 5.92 Å². The molecule has 1 saturated heterocycles. The number of benzene rings is 1. The first-order valence-electron chi connectivity index (χ1n) is 6.81. The monoisotopic (exact) mass is 277 g/mol.